The Labute approximate surface area is 169 Å². The molecule has 2 aromatic rings. The topological polar surface area (TPSA) is 54.7 Å². The van der Waals surface area contributed by atoms with Crippen molar-refractivity contribution >= 4 is 31.7 Å². The highest BCUT2D eigenvalue weighted by atomic mass is 28.3. The minimum absolute atomic E-state index is 0.405. The van der Waals surface area contributed by atoms with E-state index in [-0.39, 0.29) is 0 Å². The van der Waals surface area contributed by atoms with Gasteiger partial charge in [0, 0.05) is 20.1 Å². The molecule has 3 rings (SSSR count). The second-order valence-corrected chi connectivity index (χ2v) is 15.3. The van der Waals surface area contributed by atoms with Crippen molar-refractivity contribution in [3.05, 3.63) is 18.5 Å². The number of nitrogens with zero attached hydrogens (tertiary/aromatic N) is 2. The van der Waals surface area contributed by atoms with Crippen LogP contribution < -0.4 is 10.2 Å². The predicted octanol–water partition coefficient (Wildman–Crippen LogP) is 3.66. The first-order chi connectivity index (χ1) is 13.0. The van der Waals surface area contributed by atoms with Crippen molar-refractivity contribution in [2.75, 3.05) is 13.7 Å². The average Bonchev–Trinajstić information content (AvgIpc) is 3.08. The number of aromatic nitrogens is 2. The highest BCUT2D eigenvalue weighted by molar-refractivity contribution is 6.76. The number of benzene rings is 1. The average molecular weight is 404 g/mol. The Balaban J connectivity index is 1.88. The predicted molar refractivity (Wildman–Crippen MR) is 116 cm³/mol. The quantitative estimate of drug-likeness (QED) is 0.521. The third kappa shape index (κ3) is 4.15. The lowest BCUT2D eigenvalue weighted by molar-refractivity contribution is 0.00578. The number of fused-ring (bicyclic) bond motifs is 1. The van der Waals surface area contributed by atoms with E-state index < -0.39 is 26.4 Å². The van der Waals surface area contributed by atoms with Gasteiger partial charge in [0.25, 0.3) is 0 Å². The maximum Gasteiger partial charge on any atom is 0.498 e. The third-order valence-corrected chi connectivity index (χ3v) is 7.41. The molecule has 0 aliphatic carbocycles. The SMILES string of the molecule is COc1c(B2OC(C)(C)C(C)(C)O2)ccc2ncn(COCC[Si](C)(C)C)c12. The molecule has 28 heavy (non-hydrogen) atoms. The molecular weight excluding hydrogens is 371 g/mol. The van der Waals surface area contributed by atoms with Gasteiger partial charge in [-0.15, -0.1) is 0 Å². The summed E-state index contributed by atoms with van der Waals surface area (Å²) in [5, 5.41) is 0. The number of methoxy groups -OCH3 is 1. The highest BCUT2D eigenvalue weighted by Gasteiger charge is 2.52. The Morgan fingerprint density at radius 3 is 2.32 bits per heavy atom. The molecule has 1 fully saturated rings. The molecule has 154 valence electrons. The highest BCUT2D eigenvalue weighted by Crippen LogP contribution is 2.38. The maximum atomic E-state index is 6.24. The second-order valence-electron chi connectivity index (χ2n) is 9.71. The van der Waals surface area contributed by atoms with Gasteiger partial charge in [0.2, 0.25) is 0 Å². The third-order valence-electron chi connectivity index (χ3n) is 5.70. The molecular formula is C20H33BN2O4Si. The molecule has 1 aromatic heterocycles. The standard InChI is InChI=1S/C20H33BN2O4Si/c1-19(2)20(3,4)27-21(26-19)15-9-10-16-17(18(15)24-5)23(13-22-16)14-25-11-12-28(6,7)8/h9-10,13H,11-12,14H2,1-8H3. The van der Waals surface area contributed by atoms with Crippen molar-refractivity contribution in [2.45, 2.75) is 71.3 Å². The number of ether oxygens (including phenoxy) is 2. The minimum atomic E-state index is -1.11. The Hall–Kier alpha value is -1.35. The number of imidazole rings is 1. The summed E-state index contributed by atoms with van der Waals surface area (Å²) in [7, 11) is 0.0753. The fourth-order valence-corrected chi connectivity index (χ4v) is 3.91. The van der Waals surface area contributed by atoms with Crippen LogP contribution in [0.15, 0.2) is 18.5 Å². The van der Waals surface area contributed by atoms with Gasteiger partial charge in [-0.3, -0.25) is 0 Å². The monoisotopic (exact) mass is 404 g/mol. The molecule has 0 unspecified atom stereocenters. The summed E-state index contributed by atoms with van der Waals surface area (Å²) in [5.41, 5.74) is 1.83. The van der Waals surface area contributed by atoms with Crippen LogP contribution >= 0.6 is 0 Å². The fraction of sp³-hybridized carbons (Fsp3) is 0.650. The van der Waals surface area contributed by atoms with Crippen LogP contribution in [-0.4, -0.2) is 49.7 Å². The van der Waals surface area contributed by atoms with E-state index in [0.717, 1.165) is 34.9 Å². The molecule has 0 bridgehead atoms. The molecule has 2 heterocycles. The smallest absolute Gasteiger partial charge is 0.495 e. The van der Waals surface area contributed by atoms with E-state index in [2.05, 4.69) is 52.3 Å². The van der Waals surface area contributed by atoms with Crippen molar-refractivity contribution in [3.63, 3.8) is 0 Å². The van der Waals surface area contributed by atoms with Gasteiger partial charge < -0.3 is 23.3 Å². The zero-order valence-electron chi connectivity index (χ0n) is 18.5. The maximum absolute atomic E-state index is 6.24. The molecule has 1 saturated heterocycles. The molecule has 1 aliphatic heterocycles. The van der Waals surface area contributed by atoms with E-state index >= 15 is 0 Å². The number of rotatable bonds is 7. The van der Waals surface area contributed by atoms with Crippen LogP contribution in [0, 0.1) is 0 Å². The van der Waals surface area contributed by atoms with Gasteiger partial charge in [-0.2, -0.15) is 0 Å². The summed E-state index contributed by atoms with van der Waals surface area (Å²) in [6.45, 7) is 16.5. The molecule has 0 saturated carbocycles. The van der Waals surface area contributed by atoms with Crippen LogP contribution in [-0.2, 0) is 20.8 Å². The first-order valence-corrected chi connectivity index (χ1v) is 13.6. The van der Waals surface area contributed by atoms with Crippen molar-refractivity contribution in [1.29, 1.82) is 0 Å². The Morgan fingerprint density at radius 1 is 1.11 bits per heavy atom. The summed E-state index contributed by atoms with van der Waals surface area (Å²) in [6, 6.07) is 5.10. The van der Waals surface area contributed by atoms with Crippen molar-refractivity contribution in [1.82, 2.24) is 9.55 Å². The first-order valence-electron chi connectivity index (χ1n) is 9.90. The van der Waals surface area contributed by atoms with Crippen molar-refractivity contribution in [3.8, 4) is 5.75 Å². The zero-order chi connectivity index (χ0) is 20.7. The van der Waals surface area contributed by atoms with Gasteiger partial charge >= 0.3 is 7.12 Å². The molecule has 1 aromatic carbocycles. The normalized spacial score (nSPS) is 18.8. The van der Waals surface area contributed by atoms with Crippen LogP contribution in [0.3, 0.4) is 0 Å². The van der Waals surface area contributed by atoms with Crippen LogP contribution in [0.5, 0.6) is 5.75 Å². The summed E-state index contributed by atoms with van der Waals surface area (Å²) in [4.78, 5) is 4.51. The summed E-state index contributed by atoms with van der Waals surface area (Å²) >= 11 is 0. The number of hydrogen-bond donors (Lipinski definition) is 0. The van der Waals surface area contributed by atoms with E-state index in [4.69, 9.17) is 18.8 Å². The van der Waals surface area contributed by atoms with E-state index in [1.165, 1.54) is 0 Å². The van der Waals surface area contributed by atoms with Gasteiger partial charge in [0.1, 0.15) is 18.0 Å². The largest absolute Gasteiger partial charge is 0.498 e. The first kappa shape index (κ1) is 21.4. The van der Waals surface area contributed by atoms with Crippen LogP contribution in [0.2, 0.25) is 25.7 Å². The fourth-order valence-electron chi connectivity index (χ4n) is 3.16. The molecule has 0 atom stereocenters. The Bertz CT molecular complexity index is 829. The molecule has 0 radical (unpaired) electrons. The van der Waals surface area contributed by atoms with Gasteiger partial charge in [0.05, 0.1) is 30.2 Å². The second kappa shape index (κ2) is 7.48. The lowest BCUT2D eigenvalue weighted by Crippen LogP contribution is -2.41. The van der Waals surface area contributed by atoms with Crippen molar-refractivity contribution < 1.29 is 18.8 Å². The van der Waals surface area contributed by atoms with Gasteiger partial charge in [-0.1, -0.05) is 25.7 Å². The van der Waals surface area contributed by atoms with E-state index in [1.54, 1.807) is 13.4 Å². The van der Waals surface area contributed by atoms with E-state index in [1.807, 2.05) is 16.7 Å². The van der Waals surface area contributed by atoms with Gasteiger partial charge in [-0.25, -0.2) is 4.98 Å². The van der Waals surface area contributed by atoms with Crippen LogP contribution in [0.25, 0.3) is 11.0 Å². The van der Waals surface area contributed by atoms with Crippen LogP contribution in [0.4, 0.5) is 0 Å². The summed E-state index contributed by atoms with van der Waals surface area (Å²) < 4.78 is 26.2. The molecule has 0 spiro atoms. The number of hydrogen-bond acceptors (Lipinski definition) is 5. The molecule has 8 heteroatoms. The Kier molecular flexibility index (Phi) is 5.71. The van der Waals surface area contributed by atoms with Crippen molar-refractivity contribution in [2.24, 2.45) is 0 Å². The zero-order valence-corrected chi connectivity index (χ0v) is 19.5. The van der Waals surface area contributed by atoms with Gasteiger partial charge in [0.15, 0.2) is 0 Å². The molecule has 0 amide bonds. The minimum Gasteiger partial charge on any atom is -0.495 e. The summed E-state index contributed by atoms with van der Waals surface area (Å²) in [6.07, 6.45) is 1.80. The molecule has 6 nitrogen and oxygen atoms in total. The Morgan fingerprint density at radius 2 is 1.75 bits per heavy atom. The molecule has 0 N–H and O–H groups in total. The van der Waals surface area contributed by atoms with E-state index in [0.29, 0.717) is 6.73 Å². The molecule has 1 aliphatic rings. The van der Waals surface area contributed by atoms with E-state index in [9.17, 15) is 0 Å². The van der Waals surface area contributed by atoms with Crippen LogP contribution in [0.1, 0.15) is 27.7 Å². The lowest BCUT2D eigenvalue weighted by atomic mass is 9.78. The lowest BCUT2D eigenvalue weighted by Gasteiger charge is -2.32. The summed E-state index contributed by atoms with van der Waals surface area (Å²) in [5.74, 6) is 0.724. The van der Waals surface area contributed by atoms with Gasteiger partial charge in [-0.05, 0) is 39.8 Å².